The molecule has 0 bridgehead atoms. The van der Waals surface area contributed by atoms with E-state index < -0.39 is 64.7 Å². The highest BCUT2D eigenvalue weighted by molar-refractivity contribution is 6.38. The number of carbonyl (C=O) groups excluding carboxylic acids is 7. The SMILES string of the molecule is CCC[C@H](CC(=O)[C@@H]1CN(C(=O)Oc2cccc3ccccc23)C[C@@H]1NC(=O)[C@@H](CC(=O)[C@@H](NC(=O)c1cnccn1)C1CCCCC1)C(C)(C)C)C(=O)C(=O)CC1CC1. The first-order chi connectivity index (χ1) is 28.7. The fraction of sp³-hybridized carbons (Fsp3) is 0.553. The highest BCUT2D eigenvalue weighted by atomic mass is 16.6. The molecule has 0 radical (unpaired) electrons. The summed E-state index contributed by atoms with van der Waals surface area (Å²) in [4.78, 5) is 106. The number of likely N-dealkylation sites (tertiary alicyclic amines) is 1. The van der Waals surface area contributed by atoms with Crippen LogP contribution in [0.1, 0.15) is 115 Å². The van der Waals surface area contributed by atoms with Gasteiger partial charge in [0.2, 0.25) is 11.7 Å². The Labute approximate surface area is 352 Å². The summed E-state index contributed by atoms with van der Waals surface area (Å²) in [5.74, 6) is -4.67. The second-order valence-corrected chi connectivity index (χ2v) is 18.1. The van der Waals surface area contributed by atoms with Crippen molar-refractivity contribution in [1.82, 2.24) is 25.5 Å². The molecule has 13 nitrogen and oxygen atoms in total. The molecule has 3 aliphatic rings. The number of fused-ring (bicyclic) bond motifs is 1. The third-order valence-electron chi connectivity index (χ3n) is 12.5. The van der Waals surface area contributed by atoms with Gasteiger partial charge in [-0.25, -0.2) is 9.78 Å². The standard InChI is InChI=1S/C47H59N5O8/c1-5-12-32(43(56)40(55)23-29-19-20-29)24-38(53)34-27-52(46(59)60-41-18-11-16-30-13-9-10-17-33(30)41)28-37(34)50-44(57)35(47(2,3)4)25-39(54)42(31-14-7-6-8-15-31)51-45(58)36-26-48-21-22-49-36/h9-11,13,16-18,21-22,26,29,31-32,34-35,37,42H,5-8,12,14-15,19-20,23-25,27-28H2,1-4H3,(H,50,57)(H,51,58)/t32-,34-,35-,37+,42+/m1/s1. The highest BCUT2D eigenvalue weighted by Crippen LogP contribution is 2.36. The number of amides is 3. The topological polar surface area (TPSA) is 182 Å². The van der Waals surface area contributed by atoms with Gasteiger partial charge in [-0.3, -0.25) is 33.8 Å². The molecule has 0 spiro atoms. The van der Waals surface area contributed by atoms with Gasteiger partial charge >= 0.3 is 6.09 Å². The average molecular weight is 822 g/mol. The lowest BCUT2D eigenvalue weighted by molar-refractivity contribution is -0.140. The van der Waals surface area contributed by atoms with Gasteiger partial charge in [-0.2, -0.15) is 0 Å². The molecule has 3 amide bonds. The average Bonchev–Trinajstić information content (AvgIpc) is 3.96. The van der Waals surface area contributed by atoms with Crippen LogP contribution >= 0.6 is 0 Å². The lowest BCUT2D eigenvalue weighted by atomic mass is 9.74. The van der Waals surface area contributed by atoms with E-state index in [1.54, 1.807) is 12.1 Å². The number of nitrogens with zero attached hydrogens (tertiary/aromatic N) is 3. The molecular weight excluding hydrogens is 763 g/mol. The van der Waals surface area contributed by atoms with Crippen LogP contribution in [0.3, 0.4) is 0 Å². The van der Waals surface area contributed by atoms with Crippen LogP contribution in [-0.4, -0.2) is 81.1 Å². The quantitative estimate of drug-likeness (QED) is 0.129. The zero-order chi connectivity index (χ0) is 43.0. The second-order valence-electron chi connectivity index (χ2n) is 18.1. The summed E-state index contributed by atoms with van der Waals surface area (Å²) >= 11 is 0. The molecule has 1 aromatic heterocycles. The van der Waals surface area contributed by atoms with Crippen LogP contribution < -0.4 is 15.4 Å². The number of hydrogen-bond acceptors (Lipinski definition) is 10. The van der Waals surface area contributed by atoms with E-state index >= 15 is 0 Å². The van der Waals surface area contributed by atoms with Gasteiger partial charge in [-0.1, -0.05) is 89.8 Å². The predicted molar refractivity (Wildman–Crippen MR) is 225 cm³/mol. The molecule has 2 aliphatic carbocycles. The first-order valence-electron chi connectivity index (χ1n) is 21.7. The molecule has 3 fully saturated rings. The molecule has 2 aromatic carbocycles. The first-order valence-corrected chi connectivity index (χ1v) is 21.7. The summed E-state index contributed by atoms with van der Waals surface area (Å²) in [6.45, 7) is 7.36. The van der Waals surface area contributed by atoms with E-state index in [0.717, 1.165) is 55.7 Å². The molecular formula is C47H59N5O8. The summed E-state index contributed by atoms with van der Waals surface area (Å²) < 4.78 is 5.90. The van der Waals surface area contributed by atoms with Gasteiger partial charge in [0.25, 0.3) is 5.91 Å². The van der Waals surface area contributed by atoms with Crippen LogP contribution in [-0.2, 0) is 24.0 Å². The summed E-state index contributed by atoms with van der Waals surface area (Å²) in [6, 6.07) is 11.2. The number of aromatic nitrogens is 2. The minimum atomic E-state index is -0.905. The molecule has 2 N–H and O–H groups in total. The molecule has 5 atom stereocenters. The molecule has 2 saturated carbocycles. The molecule has 320 valence electrons. The third-order valence-corrected chi connectivity index (χ3v) is 12.5. The van der Waals surface area contributed by atoms with Crippen molar-refractivity contribution >= 4 is 51.8 Å². The molecule has 13 heteroatoms. The molecule has 1 saturated heterocycles. The number of carbonyl (C=O) groups is 7. The molecule has 2 heterocycles. The van der Waals surface area contributed by atoms with Crippen molar-refractivity contribution in [1.29, 1.82) is 0 Å². The monoisotopic (exact) mass is 821 g/mol. The maximum Gasteiger partial charge on any atom is 0.415 e. The zero-order valence-corrected chi connectivity index (χ0v) is 35.3. The van der Waals surface area contributed by atoms with E-state index in [0.29, 0.717) is 18.6 Å². The van der Waals surface area contributed by atoms with Crippen molar-refractivity contribution in [3.8, 4) is 5.75 Å². The lowest BCUT2D eigenvalue weighted by Gasteiger charge is -2.34. The number of rotatable bonds is 18. The van der Waals surface area contributed by atoms with E-state index in [1.165, 1.54) is 23.5 Å². The maximum atomic E-state index is 14.5. The molecule has 0 unspecified atom stereocenters. The highest BCUT2D eigenvalue weighted by Gasteiger charge is 2.45. The van der Waals surface area contributed by atoms with Crippen molar-refractivity contribution in [2.45, 2.75) is 117 Å². The van der Waals surface area contributed by atoms with Crippen LogP contribution in [0.25, 0.3) is 10.8 Å². The van der Waals surface area contributed by atoms with E-state index in [2.05, 4.69) is 20.6 Å². The van der Waals surface area contributed by atoms with Crippen LogP contribution in [0.4, 0.5) is 4.79 Å². The van der Waals surface area contributed by atoms with E-state index in [-0.39, 0.29) is 61.4 Å². The fourth-order valence-corrected chi connectivity index (χ4v) is 8.81. The first kappa shape index (κ1) is 44.2. The minimum Gasteiger partial charge on any atom is -0.410 e. The number of benzene rings is 2. The van der Waals surface area contributed by atoms with Gasteiger partial charge in [0.15, 0.2) is 11.6 Å². The minimum absolute atomic E-state index is 0.0532. The number of hydrogen-bond donors (Lipinski definition) is 2. The number of nitrogens with one attached hydrogen (secondary N) is 2. The Morgan fingerprint density at radius 3 is 2.30 bits per heavy atom. The summed E-state index contributed by atoms with van der Waals surface area (Å²) in [5.41, 5.74) is -0.635. The number of Topliss-reactive ketones (excluding diaryl/α,β-unsaturated/α-hetero) is 4. The van der Waals surface area contributed by atoms with Crippen LogP contribution in [0.15, 0.2) is 61.1 Å². The smallest absolute Gasteiger partial charge is 0.410 e. The van der Waals surface area contributed by atoms with Crippen molar-refractivity contribution < 1.29 is 38.3 Å². The summed E-state index contributed by atoms with van der Waals surface area (Å²) in [5, 5.41) is 7.60. The Morgan fingerprint density at radius 2 is 1.62 bits per heavy atom. The maximum absolute atomic E-state index is 14.5. The van der Waals surface area contributed by atoms with Gasteiger partial charge < -0.3 is 20.3 Å². The Balaban J connectivity index is 1.23. The van der Waals surface area contributed by atoms with Gasteiger partial charge in [-0.15, -0.1) is 0 Å². The normalized spacial score (nSPS) is 19.8. The summed E-state index contributed by atoms with van der Waals surface area (Å²) in [7, 11) is 0. The Kier molecular flexibility index (Phi) is 14.6. The van der Waals surface area contributed by atoms with Crippen molar-refractivity contribution in [2.75, 3.05) is 13.1 Å². The molecule has 60 heavy (non-hydrogen) atoms. The van der Waals surface area contributed by atoms with Gasteiger partial charge in [0, 0.05) is 62.0 Å². The number of ether oxygens (including phenoxy) is 1. The molecule has 6 rings (SSSR count). The third kappa shape index (κ3) is 11.3. The summed E-state index contributed by atoms with van der Waals surface area (Å²) in [6.07, 6.45) is 10.6. The van der Waals surface area contributed by atoms with Crippen molar-refractivity contribution in [3.05, 3.63) is 66.7 Å². The van der Waals surface area contributed by atoms with Crippen LogP contribution in [0.2, 0.25) is 0 Å². The Bertz CT molecular complexity index is 2050. The lowest BCUT2D eigenvalue weighted by Crippen LogP contribution is -2.51. The van der Waals surface area contributed by atoms with E-state index in [9.17, 15) is 33.6 Å². The molecule has 1 aliphatic heterocycles. The Hall–Kier alpha value is -5.33. The fourth-order valence-electron chi connectivity index (χ4n) is 8.81. The zero-order valence-electron chi connectivity index (χ0n) is 35.3. The Morgan fingerprint density at radius 1 is 0.883 bits per heavy atom. The van der Waals surface area contributed by atoms with Gasteiger partial charge in [0.05, 0.1) is 24.2 Å². The van der Waals surface area contributed by atoms with Gasteiger partial charge in [-0.05, 0) is 60.8 Å². The van der Waals surface area contributed by atoms with Crippen molar-refractivity contribution in [3.63, 3.8) is 0 Å². The van der Waals surface area contributed by atoms with Crippen molar-refractivity contribution in [2.24, 2.45) is 35.0 Å². The van der Waals surface area contributed by atoms with E-state index in [1.807, 2.05) is 58.0 Å². The largest absolute Gasteiger partial charge is 0.415 e. The van der Waals surface area contributed by atoms with E-state index in [4.69, 9.17) is 4.74 Å². The van der Waals surface area contributed by atoms with Crippen LogP contribution in [0, 0.1) is 35.0 Å². The number of ketones is 4. The van der Waals surface area contributed by atoms with Gasteiger partial charge in [0.1, 0.15) is 17.2 Å². The second kappa shape index (κ2) is 19.8. The van der Waals surface area contributed by atoms with Crippen LogP contribution in [0.5, 0.6) is 5.75 Å². The molecule has 3 aromatic rings. The predicted octanol–water partition coefficient (Wildman–Crippen LogP) is 6.86.